The maximum absolute atomic E-state index is 11.7. The van der Waals surface area contributed by atoms with Crippen molar-refractivity contribution in [1.29, 1.82) is 0 Å². The average Bonchev–Trinajstić information content (AvgIpc) is 2.10. The van der Waals surface area contributed by atoms with Crippen LogP contribution in [0.5, 0.6) is 0 Å². The second-order valence-electron chi connectivity index (χ2n) is 4.45. The lowest BCUT2D eigenvalue weighted by molar-refractivity contribution is 0.130. The molecule has 0 saturated heterocycles. The minimum absolute atomic E-state index is 0.422. The lowest BCUT2D eigenvalue weighted by Crippen LogP contribution is -2.39. The van der Waals surface area contributed by atoms with E-state index in [9.17, 15) is 4.57 Å². The van der Waals surface area contributed by atoms with Crippen molar-refractivity contribution < 1.29 is 13.6 Å². The molecule has 98 valence electrons. The minimum atomic E-state index is -2.84. The zero-order valence-corrected chi connectivity index (χ0v) is 12.3. The van der Waals surface area contributed by atoms with E-state index in [2.05, 4.69) is 32.6 Å². The van der Waals surface area contributed by atoms with Gasteiger partial charge in [-0.15, -0.1) is 0 Å². The Kier molecular flexibility index (Phi) is 7.49. The quantitative estimate of drug-likeness (QED) is 0.622. The molecule has 0 saturated carbocycles. The van der Waals surface area contributed by atoms with Crippen LogP contribution in [0.25, 0.3) is 0 Å². The molecule has 0 aliphatic rings. The molecule has 0 spiro atoms. The third kappa shape index (κ3) is 6.64. The van der Waals surface area contributed by atoms with Crippen LogP contribution in [0.3, 0.4) is 0 Å². The molecule has 0 heterocycles. The van der Waals surface area contributed by atoms with Gasteiger partial charge in [0.15, 0.2) is 0 Å². The SMILES string of the molecule is CCOP(C)(=O)OCCN(C(C)C)C(C)C. The molecule has 0 aliphatic heterocycles. The van der Waals surface area contributed by atoms with Gasteiger partial charge in [-0.2, -0.15) is 0 Å². The Morgan fingerprint density at radius 1 is 1.12 bits per heavy atom. The molecular formula is C11H26NO3P. The first-order chi connectivity index (χ1) is 7.30. The van der Waals surface area contributed by atoms with E-state index in [1.54, 1.807) is 0 Å². The summed E-state index contributed by atoms with van der Waals surface area (Å²) < 4.78 is 22.0. The maximum Gasteiger partial charge on any atom is 0.327 e. The van der Waals surface area contributed by atoms with Gasteiger partial charge >= 0.3 is 7.60 Å². The van der Waals surface area contributed by atoms with Gasteiger partial charge in [-0.3, -0.25) is 9.46 Å². The van der Waals surface area contributed by atoms with Crippen molar-refractivity contribution in [3.05, 3.63) is 0 Å². The lowest BCUT2D eigenvalue weighted by Gasteiger charge is -2.30. The Morgan fingerprint density at radius 2 is 1.62 bits per heavy atom. The molecule has 0 fully saturated rings. The Morgan fingerprint density at radius 3 is 2.00 bits per heavy atom. The molecule has 0 aromatic carbocycles. The van der Waals surface area contributed by atoms with Crippen LogP contribution in [0.15, 0.2) is 0 Å². The zero-order chi connectivity index (χ0) is 12.8. The van der Waals surface area contributed by atoms with Crippen molar-refractivity contribution in [2.24, 2.45) is 0 Å². The highest BCUT2D eigenvalue weighted by molar-refractivity contribution is 7.52. The maximum atomic E-state index is 11.7. The zero-order valence-electron chi connectivity index (χ0n) is 11.4. The largest absolute Gasteiger partial charge is 0.327 e. The van der Waals surface area contributed by atoms with E-state index in [0.29, 0.717) is 25.3 Å². The van der Waals surface area contributed by atoms with Gasteiger partial charge in [0.25, 0.3) is 0 Å². The monoisotopic (exact) mass is 251 g/mol. The molecule has 0 amide bonds. The van der Waals surface area contributed by atoms with Gasteiger partial charge < -0.3 is 9.05 Å². The van der Waals surface area contributed by atoms with E-state index in [-0.39, 0.29) is 0 Å². The number of rotatable bonds is 8. The molecule has 0 rings (SSSR count). The molecule has 16 heavy (non-hydrogen) atoms. The van der Waals surface area contributed by atoms with Crippen LogP contribution in [0.1, 0.15) is 34.6 Å². The highest BCUT2D eigenvalue weighted by Crippen LogP contribution is 2.43. The summed E-state index contributed by atoms with van der Waals surface area (Å²) in [6.45, 7) is 13.6. The molecule has 0 bridgehead atoms. The summed E-state index contributed by atoms with van der Waals surface area (Å²) in [6, 6.07) is 0.930. The normalized spacial score (nSPS) is 16.1. The van der Waals surface area contributed by atoms with E-state index in [0.717, 1.165) is 6.54 Å². The lowest BCUT2D eigenvalue weighted by atomic mass is 10.2. The molecule has 1 unspecified atom stereocenters. The first-order valence-corrected chi connectivity index (χ1v) is 7.91. The van der Waals surface area contributed by atoms with Crippen LogP contribution in [-0.4, -0.2) is 43.4 Å². The van der Waals surface area contributed by atoms with Gasteiger partial charge in [0, 0.05) is 25.3 Å². The fourth-order valence-electron chi connectivity index (χ4n) is 1.70. The summed E-state index contributed by atoms with van der Waals surface area (Å²) in [6.07, 6.45) is 0. The van der Waals surface area contributed by atoms with Crippen LogP contribution >= 0.6 is 7.60 Å². The van der Waals surface area contributed by atoms with Crippen LogP contribution in [0.4, 0.5) is 0 Å². The van der Waals surface area contributed by atoms with Crippen LogP contribution in [0.2, 0.25) is 0 Å². The Labute approximate surface area is 99.8 Å². The molecule has 1 atom stereocenters. The van der Waals surface area contributed by atoms with Gasteiger partial charge in [0.05, 0.1) is 13.2 Å². The number of hydrogen-bond acceptors (Lipinski definition) is 4. The van der Waals surface area contributed by atoms with Gasteiger partial charge in [-0.1, -0.05) is 0 Å². The van der Waals surface area contributed by atoms with E-state index < -0.39 is 7.60 Å². The van der Waals surface area contributed by atoms with E-state index in [4.69, 9.17) is 9.05 Å². The molecule has 0 N–H and O–H groups in total. The predicted molar refractivity (Wildman–Crippen MR) is 68.1 cm³/mol. The molecule has 0 aromatic heterocycles. The smallest absolute Gasteiger partial charge is 0.309 e. The number of hydrogen-bond donors (Lipinski definition) is 0. The standard InChI is InChI=1S/C11H26NO3P/c1-7-14-16(6,13)15-9-8-12(10(2)3)11(4)5/h10-11H,7-9H2,1-6H3. The highest BCUT2D eigenvalue weighted by Gasteiger charge is 2.18. The molecule has 0 aromatic rings. The van der Waals surface area contributed by atoms with Crippen LogP contribution < -0.4 is 0 Å². The Balaban J connectivity index is 4.00. The van der Waals surface area contributed by atoms with Gasteiger partial charge in [0.1, 0.15) is 0 Å². The van der Waals surface area contributed by atoms with Crippen molar-refractivity contribution in [1.82, 2.24) is 4.90 Å². The fraction of sp³-hybridized carbons (Fsp3) is 1.00. The summed E-state index contributed by atoms with van der Waals surface area (Å²) in [4.78, 5) is 2.30. The highest BCUT2D eigenvalue weighted by atomic mass is 31.2. The van der Waals surface area contributed by atoms with Crippen LogP contribution in [-0.2, 0) is 13.6 Å². The fourth-order valence-corrected chi connectivity index (χ4v) is 2.65. The molecule has 4 nitrogen and oxygen atoms in total. The predicted octanol–water partition coefficient (Wildman–Crippen LogP) is 2.98. The first kappa shape index (κ1) is 16.1. The summed E-state index contributed by atoms with van der Waals surface area (Å²) in [7, 11) is -2.84. The van der Waals surface area contributed by atoms with Crippen molar-refractivity contribution >= 4 is 7.60 Å². The van der Waals surface area contributed by atoms with Crippen LogP contribution in [0, 0.1) is 0 Å². The van der Waals surface area contributed by atoms with E-state index >= 15 is 0 Å². The van der Waals surface area contributed by atoms with Crippen molar-refractivity contribution in [2.75, 3.05) is 26.4 Å². The van der Waals surface area contributed by atoms with Gasteiger partial charge in [-0.25, -0.2) is 0 Å². The summed E-state index contributed by atoms with van der Waals surface area (Å²) >= 11 is 0. The van der Waals surface area contributed by atoms with Crippen molar-refractivity contribution in [3.8, 4) is 0 Å². The van der Waals surface area contributed by atoms with E-state index in [1.165, 1.54) is 6.66 Å². The second-order valence-corrected chi connectivity index (χ2v) is 6.51. The van der Waals surface area contributed by atoms with E-state index in [1.807, 2.05) is 6.92 Å². The third-order valence-electron chi connectivity index (χ3n) is 2.37. The first-order valence-electron chi connectivity index (χ1n) is 5.92. The topological polar surface area (TPSA) is 38.8 Å². The summed E-state index contributed by atoms with van der Waals surface area (Å²) in [5.41, 5.74) is 0. The van der Waals surface area contributed by atoms with Crippen molar-refractivity contribution in [3.63, 3.8) is 0 Å². The van der Waals surface area contributed by atoms with Gasteiger partial charge in [0.2, 0.25) is 0 Å². The molecule has 0 radical (unpaired) electrons. The summed E-state index contributed by atoms with van der Waals surface area (Å²) in [5, 5.41) is 0. The molecule has 5 heteroatoms. The Hall–Kier alpha value is 0.110. The average molecular weight is 251 g/mol. The van der Waals surface area contributed by atoms with Crippen molar-refractivity contribution in [2.45, 2.75) is 46.7 Å². The minimum Gasteiger partial charge on any atom is -0.309 e. The molecule has 0 aliphatic carbocycles. The Bertz CT molecular complexity index is 223. The molecular weight excluding hydrogens is 225 g/mol. The summed E-state index contributed by atoms with van der Waals surface area (Å²) in [5.74, 6) is 0. The van der Waals surface area contributed by atoms with Gasteiger partial charge in [-0.05, 0) is 34.6 Å². The third-order valence-corrected chi connectivity index (χ3v) is 3.74. The number of nitrogens with zero attached hydrogens (tertiary/aromatic N) is 1. The second kappa shape index (κ2) is 7.44.